The van der Waals surface area contributed by atoms with Crippen LogP contribution < -0.4 is 16.2 Å². The number of para-hydroxylation sites is 1. The molecule has 0 radical (unpaired) electrons. The second kappa shape index (κ2) is 9.78. The molecule has 33 heavy (non-hydrogen) atoms. The van der Waals surface area contributed by atoms with Gasteiger partial charge in [0.2, 0.25) is 5.43 Å². The number of benzene rings is 1. The van der Waals surface area contributed by atoms with Crippen LogP contribution in [0.5, 0.6) is 0 Å². The molecule has 3 aromatic rings. The number of thiophene rings is 1. The summed E-state index contributed by atoms with van der Waals surface area (Å²) >= 11 is 1.28. The van der Waals surface area contributed by atoms with E-state index >= 15 is 0 Å². The maximum atomic E-state index is 12.5. The van der Waals surface area contributed by atoms with Crippen LogP contribution in [-0.4, -0.2) is 30.6 Å². The van der Waals surface area contributed by atoms with Crippen molar-refractivity contribution in [2.75, 3.05) is 11.9 Å². The van der Waals surface area contributed by atoms with Crippen molar-refractivity contribution in [2.24, 2.45) is 5.10 Å². The predicted molar refractivity (Wildman–Crippen MR) is 124 cm³/mol. The van der Waals surface area contributed by atoms with Crippen molar-refractivity contribution in [1.29, 1.82) is 0 Å². The highest BCUT2D eigenvalue weighted by Crippen LogP contribution is 2.38. The number of amides is 2. The van der Waals surface area contributed by atoms with Crippen LogP contribution in [0.15, 0.2) is 44.8 Å². The lowest BCUT2D eigenvalue weighted by molar-refractivity contribution is -0.136. The van der Waals surface area contributed by atoms with E-state index in [4.69, 9.17) is 9.15 Å². The third-order valence-corrected chi connectivity index (χ3v) is 6.37. The number of ether oxygens (including phenoxy) is 1. The molecule has 0 saturated heterocycles. The Morgan fingerprint density at radius 3 is 2.79 bits per heavy atom. The molecule has 0 bridgehead atoms. The molecule has 4 rings (SSSR count). The lowest BCUT2D eigenvalue weighted by Gasteiger charge is -2.12. The first-order valence-electron chi connectivity index (χ1n) is 10.5. The van der Waals surface area contributed by atoms with E-state index in [1.54, 1.807) is 31.2 Å². The predicted octanol–water partition coefficient (Wildman–Crippen LogP) is 3.00. The summed E-state index contributed by atoms with van der Waals surface area (Å²) in [4.78, 5) is 50.6. The Morgan fingerprint density at radius 1 is 1.18 bits per heavy atom. The van der Waals surface area contributed by atoms with Gasteiger partial charge in [0.1, 0.15) is 16.8 Å². The molecule has 0 aliphatic heterocycles. The van der Waals surface area contributed by atoms with Gasteiger partial charge in [-0.15, -0.1) is 11.3 Å². The summed E-state index contributed by atoms with van der Waals surface area (Å²) in [7, 11) is 0. The first-order chi connectivity index (χ1) is 16.0. The molecule has 0 spiro atoms. The SMILES string of the molecule is CCOC(=O)c1c(NC(=O)C(=O)N/N=C\c2coc3ccccc3c2=O)sc2c1CCCC2. The number of hydrogen-bond donors (Lipinski definition) is 2. The second-order valence-electron chi connectivity index (χ2n) is 7.31. The van der Waals surface area contributed by atoms with Crippen LogP contribution in [0.25, 0.3) is 11.0 Å². The van der Waals surface area contributed by atoms with Gasteiger partial charge in [0, 0.05) is 4.88 Å². The Labute approximate surface area is 192 Å². The minimum Gasteiger partial charge on any atom is -0.463 e. The molecule has 1 aliphatic carbocycles. The number of nitrogens with one attached hydrogen (secondary N) is 2. The monoisotopic (exact) mass is 467 g/mol. The summed E-state index contributed by atoms with van der Waals surface area (Å²) < 4.78 is 10.5. The van der Waals surface area contributed by atoms with Gasteiger partial charge < -0.3 is 14.5 Å². The Kier molecular flexibility index (Phi) is 6.64. The zero-order valence-corrected chi connectivity index (χ0v) is 18.6. The molecule has 2 N–H and O–H groups in total. The van der Waals surface area contributed by atoms with Gasteiger partial charge >= 0.3 is 17.8 Å². The second-order valence-corrected chi connectivity index (χ2v) is 8.41. The zero-order chi connectivity index (χ0) is 23.4. The molecule has 0 unspecified atom stereocenters. The number of fused-ring (bicyclic) bond motifs is 2. The van der Waals surface area contributed by atoms with Crippen molar-refractivity contribution < 1.29 is 23.5 Å². The fourth-order valence-electron chi connectivity index (χ4n) is 3.63. The summed E-state index contributed by atoms with van der Waals surface area (Å²) in [5.41, 5.74) is 3.51. The minimum absolute atomic E-state index is 0.116. The topological polar surface area (TPSA) is 127 Å². The zero-order valence-electron chi connectivity index (χ0n) is 17.8. The molecule has 0 fully saturated rings. The van der Waals surface area contributed by atoms with E-state index in [1.807, 2.05) is 0 Å². The lowest BCUT2D eigenvalue weighted by Crippen LogP contribution is -2.32. The van der Waals surface area contributed by atoms with E-state index in [0.717, 1.165) is 42.3 Å². The van der Waals surface area contributed by atoms with Crippen molar-refractivity contribution >= 4 is 51.3 Å². The van der Waals surface area contributed by atoms with Gasteiger partial charge in [-0.25, -0.2) is 10.2 Å². The summed E-state index contributed by atoms with van der Waals surface area (Å²) in [6.07, 6.45) is 5.82. The highest BCUT2D eigenvalue weighted by molar-refractivity contribution is 7.17. The van der Waals surface area contributed by atoms with E-state index in [9.17, 15) is 19.2 Å². The number of nitrogens with zero attached hydrogens (tertiary/aromatic N) is 1. The summed E-state index contributed by atoms with van der Waals surface area (Å²) in [6.45, 7) is 1.91. The van der Waals surface area contributed by atoms with Crippen LogP contribution >= 0.6 is 11.3 Å². The highest BCUT2D eigenvalue weighted by atomic mass is 32.1. The summed E-state index contributed by atoms with van der Waals surface area (Å²) in [6, 6.07) is 6.73. The van der Waals surface area contributed by atoms with Gasteiger partial charge in [0.05, 0.1) is 29.3 Å². The van der Waals surface area contributed by atoms with Gasteiger partial charge in [-0.1, -0.05) is 12.1 Å². The van der Waals surface area contributed by atoms with Crippen LogP contribution in [0.2, 0.25) is 0 Å². The summed E-state index contributed by atoms with van der Waals surface area (Å²) in [5, 5.41) is 6.86. The number of esters is 1. The van der Waals surface area contributed by atoms with Crippen LogP contribution in [0.4, 0.5) is 5.00 Å². The van der Waals surface area contributed by atoms with Crippen molar-refractivity contribution in [3.05, 3.63) is 62.3 Å². The standard InChI is InChI=1S/C23H21N3O6S/c1-2-31-23(30)18-15-8-4-6-10-17(15)33-22(18)25-20(28)21(29)26-24-11-13-12-32-16-9-5-3-7-14(16)19(13)27/h3,5,7,9,11-12H,2,4,6,8,10H2,1H3,(H,25,28)(H,26,29)/b24-11-. The van der Waals surface area contributed by atoms with Gasteiger partial charge in [-0.2, -0.15) is 5.10 Å². The molecule has 0 saturated carbocycles. The minimum atomic E-state index is -1.04. The van der Waals surface area contributed by atoms with Crippen molar-refractivity contribution in [2.45, 2.75) is 32.6 Å². The molecule has 2 heterocycles. The average Bonchev–Trinajstić information content (AvgIpc) is 3.18. The van der Waals surface area contributed by atoms with Crippen LogP contribution in [0, 0.1) is 0 Å². The van der Waals surface area contributed by atoms with Gasteiger partial charge in [-0.3, -0.25) is 14.4 Å². The number of anilines is 1. The lowest BCUT2D eigenvalue weighted by atomic mass is 9.95. The van der Waals surface area contributed by atoms with Crippen LogP contribution in [-0.2, 0) is 27.2 Å². The Balaban J connectivity index is 1.47. The largest absolute Gasteiger partial charge is 0.463 e. The Bertz CT molecular complexity index is 1320. The first-order valence-corrected chi connectivity index (χ1v) is 11.3. The fraction of sp³-hybridized carbons (Fsp3) is 0.261. The number of aryl methyl sites for hydroxylation is 1. The molecule has 2 aromatic heterocycles. The van der Waals surface area contributed by atoms with E-state index in [-0.39, 0.29) is 17.6 Å². The maximum absolute atomic E-state index is 12.5. The molecule has 2 amide bonds. The third kappa shape index (κ3) is 4.70. The molecular weight excluding hydrogens is 446 g/mol. The average molecular weight is 468 g/mol. The smallest absolute Gasteiger partial charge is 0.341 e. The number of hydrazone groups is 1. The normalized spacial score (nSPS) is 13.0. The molecule has 1 aromatic carbocycles. The Morgan fingerprint density at radius 2 is 1.97 bits per heavy atom. The Hall–Kier alpha value is -3.79. The molecular formula is C23H21N3O6S. The van der Waals surface area contributed by atoms with Crippen molar-refractivity contribution in [1.82, 2.24) is 5.43 Å². The molecule has 9 nitrogen and oxygen atoms in total. The third-order valence-electron chi connectivity index (χ3n) is 5.16. The van der Waals surface area contributed by atoms with Gasteiger partial charge in [-0.05, 0) is 50.3 Å². The van der Waals surface area contributed by atoms with E-state index < -0.39 is 17.8 Å². The molecule has 170 valence electrons. The highest BCUT2D eigenvalue weighted by Gasteiger charge is 2.28. The first kappa shape index (κ1) is 22.4. The van der Waals surface area contributed by atoms with Crippen molar-refractivity contribution in [3.8, 4) is 0 Å². The molecule has 1 aliphatic rings. The van der Waals surface area contributed by atoms with Crippen LogP contribution in [0.3, 0.4) is 0 Å². The van der Waals surface area contributed by atoms with E-state index in [0.29, 0.717) is 21.5 Å². The van der Waals surface area contributed by atoms with Gasteiger partial charge in [0.15, 0.2) is 0 Å². The molecule has 0 atom stereocenters. The van der Waals surface area contributed by atoms with Crippen molar-refractivity contribution in [3.63, 3.8) is 0 Å². The number of carbonyl (C=O) groups excluding carboxylic acids is 3. The number of rotatable bonds is 5. The fourth-order valence-corrected chi connectivity index (χ4v) is 4.90. The number of hydrogen-bond acceptors (Lipinski definition) is 8. The van der Waals surface area contributed by atoms with Gasteiger partial charge in [0.25, 0.3) is 0 Å². The van der Waals surface area contributed by atoms with E-state index in [2.05, 4.69) is 15.8 Å². The van der Waals surface area contributed by atoms with Crippen LogP contribution in [0.1, 0.15) is 46.1 Å². The molecule has 10 heteroatoms. The van der Waals surface area contributed by atoms with E-state index in [1.165, 1.54) is 17.6 Å². The number of carbonyl (C=O) groups is 3. The maximum Gasteiger partial charge on any atom is 0.341 e. The quantitative estimate of drug-likeness (QED) is 0.257. The summed E-state index contributed by atoms with van der Waals surface area (Å²) in [5.74, 6) is -2.55.